The van der Waals surface area contributed by atoms with E-state index in [0.717, 1.165) is 24.2 Å². The van der Waals surface area contributed by atoms with Crippen LogP contribution in [0.5, 0.6) is 11.5 Å². The van der Waals surface area contributed by atoms with Crippen LogP contribution in [-0.4, -0.2) is 75.1 Å². The Balaban J connectivity index is 1.45. The molecule has 0 bridgehead atoms. The minimum atomic E-state index is -1.99. The van der Waals surface area contributed by atoms with Crippen LogP contribution < -0.4 is 14.4 Å². The van der Waals surface area contributed by atoms with Crippen molar-refractivity contribution in [2.24, 2.45) is 5.92 Å². The van der Waals surface area contributed by atoms with E-state index in [1.165, 1.54) is 0 Å². The minimum Gasteiger partial charge on any atom is -0.497 e. The summed E-state index contributed by atoms with van der Waals surface area (Å²) in [6, 6.07) is 11.4. The fourth-order valence-electron chi connectivity index (χ4n) is 6.88. The normalized spacial score (nSPS) is 22.1. The van der Waals surface area contributed by atoms with Crippen molar-refractivity contribution in [3.05, 3.63) is 71.3 Å². The standard InChI is InChI=1S/C47H69NO10Si/c1-30(31(2)58-59(14,15)45(6,7)8)19-26-37(52-29-32-20-24-36(51-13)25-21-32)41-38(53-46(9,10)55-41)18-16-17-33-27-35(28-39-40(33)42(49)56-47(11,12)54-39)48(34-22-23-34)43(50)57-44(3,4)5/h16-17,19-21,24-28,30-31,34,37-38,41H,18,22-23,29H2,1-15H3/t30-,31+,37?,38+,41-/m1/s1. The molecule has 59 heavy (non-hydrogen) atoms. The molecule has 12 heteroatoms. The SMILES string of the molecule is COc1ccc(COC(C=C[C@@H](C)[C@H](C)O[Si](C)(C)C(C)(C)C)[C@H]2OC(C)(C)O[C@H]2CC=Cc2cc(N(C(=O)OC(C)(C)C)C3CC3)cc3c2C(=O)OC(C)(C)O3)cc1. The van der Waals surface area contributed by atoms with Gasteiger partial charge in [-0.15, -0.1) is 0 Å². The summed E-state index contributed by atoms with van der Waals surface area (Å²) in [7, 11) is -0.343. The number of hydrogen-bond donors (Lipinski definition) is 0. The van der Waals surface area contributed by atoms with E-state index in [2.05, 4.69) is 59.9 Å². The maximum Gasteiger partial charge on any atom is 0.415 e. The Kier molecular flexibility index (Phi) is 13.9. The average molecular weight is 836 g/mol. The van der Waals surface area contributed by atoms with Crippen molar-refractivity contribution >= 4 is 32.1 Å². The zero-order valence-electron chi connectivity index (χ0n) is 38.1. The predicted molar refractivity (Wildman–Crippen MR) is 233 cm³/mol. The molecule has 1 unspecified atom stereocenters. The van der Waals surface area contributed by atoms with Crippen LogP contribution in [-0.2, 0) is 34.7 Å². The van der Waals surface area contributed by atoms with Gasteiger partial charge in [0, 0.05) is 32.1 Å². The smallest absolute Gasteiger partial charge is 0.415 e. The molecular weight excluding hydrogens is 767 g/mol. The topological polar surface area (TPSA) is 111 Å². The number of amides is 1. The Morgan fingerprint density at radius 1 is 0.949 bits per heavy atom. The summed E-state index contributed by atoms with van der Waals surface area (Å²) in [6.07, 6.45) is 8.42. The Labute approximate surface area is 353 Å². The van der Waals surface area contributed by atoms with E-state index in [9.17, 15) is 9.59 Å². The molecule has 0 aromatic heterocycles. The molecule has 1 amide bonds. The van der Waals surface area contributed by atoms with Gasteiger partial charge in [0.1, 0.15) is 34.9 Å². The van der Waals surface area contributed by atoms with E-state index >= 15 is 0 Å². The van der Waals surface area contributed by atoms with Gasteiger partial charge in [-0.25, -0.2) is 9.59 Å². The molecule has 3 aliphatic rings. The highest BCUT2D eigenvalue weighted by Crippen LogP contribution is 2.42. The van der Waals surface area contributed by atoms with Crippen LogP contribution in [0.4, 0.5) is 10.5 Å². The van der Waals surface area contributed by atoms with Gasteiger partial charge in [0.25, 0.3) is 0 Å². The van der Waals surface area contributed by atoms with Crippen LogP contribution in [0.15, 0.2) is 54.6 Å². The number of ether oxygens (including phenoxy) is 7. The molecule has 0 radical (unpaired) electrons. The molecule has 5 rings (SSSR count). The highest BCUT2D eigenvalue weighted by atomic mass is 28.4. The van der Waals surface area contributed by atoms with Gasteiger partial charge in [0.15, 0.2) is 14.1 Å². The largest absolute Gasteiger partial charge is 0.497 e. The number of fused-ring (bicyclic) bond motifs is 1. The lowest BCUT2D eigenvalue weighted by Crippen LogP contribution is -2.44. The number of anilines is 1. The fourth-order valence-corrected chi connectivity index (χ4v) is 8.38. The van der Waals surface area contributed by atoms with Crippen LogP contribution in [0.2, 0.25) is 18.1 Å². The molecule has 326 valence electrons. The molecule has 11 nitrogen and oxygen atoms in total. The molecule has 2 aliphatic heterocycles. The Morgan fingerprint density at radius 3 is 2.20 bits per heavy atom. The number of methoxy groups -OCH3 is 1. The van der Waals surface area contributed by atoms with E-state index in [-0.39, 0.29) is 28.7 Å². The lowest BCUT2D eigenvalue weighted by molar-refractivity contribution is -0.156. The Bertz CT molecular complexity index is 1850. The Hall–Kier alpha value is -3.68. The molecule has 1 saturated carbocycles. The molecule has 2 fully saturated rings. The second-order valence-electron chi connectivity index (χ2n) is 19.6. The van der Waals surface area contributed by atoms with Crippen molar-refractivity contribution < 1.29 is 47.2 Å². The zero-order chi connectivity index (χ0) is 43.7. The molecule has 2 aromatic carbocycles. The number of benzene rings is 2. The van der Waals surface area contributed by atoms with Gasteiger partial charge in [-0.05, 0) is 114 Å². The van der Waals surface area contributed by atoms with E-state index in [4.69, 9.17) is 37.6 Å². The molecule has 2 aromatic rings. The summed E-state index contributed by atoms with van der Waals surface area (Å²) in [4.78, 5) is 28.7. The van der Waals surface area contributed by atoms with Gasteiger partial charge in [-0.1, -0.05) is 64.1 Å². The van der Waals surface area contributed by atoms with Crippen LogP contribution >= 0.6 is 0 Å². The molecule has 1 aliphatic carbocycles. The van der Waals surface area contributed by atoms with Gasteiger partial charge >= 0.3 is 12.1 Å². The average Bonchev–Trinajstić information content (AvgIpc) is 3.88. The molecule has 0 N–H and O–H groups in total. The van der Waals surface area contributed by atoms with Gasteiger partial charge < -0.3 is 37.6 Å². The number of carbonyl (C=O) groups excluding carboxylic acids is 2. The quantitative estimate of drug-likeness (QED) is 0.0976. The summed E-state index contributed by atoms with van der Waals surface area (Å²) < 4.78 is 49.7. The molecule has 5 atom stereocenters. The summed E-state index contributed by atoms with van der Waals surface area (Å²) >= 11 is 0. The van der Waals surface area contributed by atoms with Gasteiger partial charge in [-0.2, -0.15) is 0 Å². The van der Waals surface area contributed by atoms with Crippen molar-refractivity contribution in [3.8, 4) is 11.5 Å². The zero-order valence-corrected chi connectivity index (χ0v) is 39.1. The highest BCUT2D eigenvalue weighted by Gasteiger charge is 2.45. The number of esters is 1. The predicted octanol–water partition coefficient (Wildman–Crippen LogP) is 11.0. The lowest BCUT2D eigenvalue weighted by atomic mass is 9.99. The first-order chi connectivity index (χ1) is 27.3. The van der Waals surface area contributed by atoms with Crippen molar-refractivity contribution in [1.29, 1.82) is 0 Å². The van der Waals surface area contributed by atoms with Gasteiger partial charge in [0.05, 0.1) is 25.5 Å². The molecule has 2 heterocycles. The molecule has 1 saturated heterocycles. The summed E-state index contributed by atoms with van der Waals surface area (Å²) in [5.41, 5.74) is 1.74. The van der Waals surface area contributed by atoms with Crippen molar-refractivity contribution in [2.45, 2.75) is 175 Å². The first kappa shape index (κ1) is 46.4. The Morgan fingerprint density at radius 2 is 1.61 bits per heavy atom. The van der Waals surface area contributed by atoms with Crippen molar-refractivity contribution in [3.63, 3.8) is 0 Å². The van der Waals surface area contributed by atoms with Gasteiger partial charge in [-0.3, -0.25) is 4.90 Å². The lowest BCUT2D eigenvalue weighted by Gasteiger charge is -2.39. The van der Waals surface area contributed by atoms with E-state index < -0.39 is 55.9 Å². The van der Waals surface area contributed by atoms with Crippen LogP contribution in [0.3, 0.4) is 0 Å². The first-order valence-corrected chi connectivity index (χ1v) is 23.9. The number of cyclic esters (lactones) is 1. The van der Waals surface area contributed by atoms with Gasteiger partial charge in [0.2, 0.25) is 5.79 Å². The number of carbonyl (C=O) groups is 2. The molecule has 0 spiro atoms. The third-order valence-corrected chi connectivity index (χ3v) is 15.8. The fraction of sp³-hybridized carbons (Fsp3) is 0.617. The summed E-state index contributed by atoms with van der Waals surface area (Å²) in [6.45, 7) is 28.7. The number of nitrogens with zero attached hydrogens (tertiary/aromatic N) is 1. The van der Waals surface area contributed by atoms with Crippen LogP contribution in [0.25, 0.3) is 6.08 Å². The third kappa shape index (κ3) is 12.2. The van der Waals surface area contributed by atoms with Crippen molar-refractivity contribution in [2.75, 3.05) is 12.0 Å². The first-order valence-electron chi connectivity index (χ1n) is 21.0. The van der Waals surface area contributed by atoms with Crippen molar-refractivity contribution in [1.82, 2.24) is 0 Å². The van der Waals surface area contributed by atoms with Crippen LogP contribution in [0.1, 0.15) is 124 Å². The van der Waals surface area contributed by atoms with E-state index in [1.54, 1.807) is 31.9 Å². The monoisotopic (exact) mass is 835 g/mol. The maximum atomic E-state index is 13.6. The second-order valence-corrected chi connectivity index (χ2v) is 24.4. The maximum absolute atomic E-state index is 13.6. The second kappa shape index (κ2) is 17.7. The summed E-state index contributed by atoms with van der Waals surface area (Å²) in [5.74, 6) is -1.36. The third-order valence-electron chi connectivity index (χ3n) is 11.2. The van der Waals surface area contributed by atoms with E-state index in [0.29, 0.717) is 30.0 Å². The highest BCUT2D eigenvalue weighted by molar-refractivity contribution is 6.74. The number of rotatable bonds is 15. The van der Waals surface area contributed by atoms with E-state index in [1.807, 2.05) is 77.1 Å². The number of hydrogen-bond acceptors (Lipinski definition) is 10. The minimum absolute atomic E-state index is 0.000564. The molecular formula is C47H69NO10Si. The summed E-state index contributed by atoms with van der Waals surface area (Å²) in [5, 5.41) is 0.0926. The van der Waals surface area contributed by atoms with Crippen LogP contribution in [0, 0.1) is 5.92 Å².